The Morgan fingerprint density at radius 2 is 2.16 bits per heavy atom. The maximum Gasteiger partial charge on any atom is 0.297 e. The van der Waals surface area contributed by atoms with E-state index in [1.165, 1.54) is 6.21 Å². The van der Waals surface area contributed by atoms with Crippen LogP contribution in [0.2, 0.25) is 5.02 Å². The van der Waals surface area contributed by atoms with Crippen LogP contribution in [0.25, 0.3) is 0 Å². The zero-order valence-electron chi connectivity index (χ0n) is 14.7. The molecule has 0 aliphatic carbocycles. The van der Waals surface area contributed by atoms with Crippen LogP contribution >= 0.6 is 23.8 Å². The second-order valence-corrected chi connectivity index (χ2v) is 7.32. The molecule has 0 saturated carbocycles. The predicted molar refractivity (Wildman–Crippen MR) is 103 cm³/mol. The van der Waals surface area contributed by atoms with Crippen molar-refractivity contribution in [1.29, 1.82) is 0 Å². The second-order valence-electron chi connectivity index (χ2n) is 6.53. The average Bonchev–Trinajstić information content (AvgIpc) is 2.52. The number of nitrogens with one attached hydrogen (secondary N) is 1. The molecule has 0 saturated heterocycles. The first kappa shape index (κ1) is 19.3. The molecule has 1 N–H and O–H groups in total. The van der Waals surface area contributed by atoms with Crippen LogP contribution in [0.1, 0.15) is 45.4 Å². The predicted octanol–water partition coefficient (Wildman–Crippen LogP) is 3.92. The summed E-state index contributed by atoms with van der Waals surface area (Å²) in [7, 11) is 0. The Hall–Kier alpha value is -1.99. The van der Waals surface area contributed by atoms with Crippen LogP contribution in [0.5, 0.6) is 5.75 Å². The van der Waals surface area contributed by atoms with Crippen molar-refractivity contribution in [3.05, 3.63) is 49.6 Å². The second kappa shape index (κ2) is 7.93. The molecule has 0 amide bonds. The Morgan fingerprint density at radius 3 is 2.76 bits per heavy atom. The number of nitrogens with zero attached hydrogens (tertiary/aromatic N) is 3. The summed E-state index contributed by atoms with van der Waals surface area (Å²) < 4.78 is 6.78. The Bertz CT molecular complexity index is 897. The van der Waals surface area contributed by atoms with Gasteiger partial charge in [0.25, 0.3) is 5.56 Å². The maximum atomic E-state index is 12.6. The molecule has 0 bridgehead atoms. The smallest absolute Gasteiger partial charge is 0.297 e. The maximum absolute atomic E-state index is 12.6. The van der Waals surface area contributed by atoms with Crippen LogP contribution in [-0.4, -0.2) is 27.7 Å². The van der Waals surface area contributed by atoms with Crippen LogP contribution < -0.4 is 10.3 Å². The van der Waals surface area contributed by atoms with Crippen LogP contribution in [0, 0.1) is 4.77 Å². The summed E-state index contributed by atoms with van der Waals surface area (Å²) in [4.78, 5) is 12.6. The van der Waals surface area contributed by atoms with E-state index >= 15 is 0 Å². The van der Waals surface area contributed by atoms with Gasteiger partial charge in [0.15, 0.2) is 0 Å². The van der Waals surface area contributed by atoms with Gasteiger partial charge < -0.3 is 4.74 Å². The Labute approximate surface area is 156 Å². The van der Waals surface area contributed by atoms with Crippen LogP contribution in [0.3, 0.4) is 0 Å². The minimum absolute atomic E-state index is 0.128. The summed E-state index contributed by atoms with van der Waals surface area (Å²) in [5.74, 6) is 0.619. The van der Waals surface area contributed by atoms with Crippen molar-refractivity contribution in [1.82, 2.24) is 14.9 Å². The SMILES string of the molecule is CCCOc1ccc(/C=N\n2c(=S)[nH]nc(C(C)(C)C)c2=O)cc1Cl. The summed E-state index contributed by atoms with van der Waals surface area (Å²) in [6, 6.07) is 5.31. The fraction of sp³-hybridized carbons (Fsp3) is 0.412. The van der Waals surface area contributed by atoms with Crippen molar-refractivity contribution in [2.75, 3.05) is 6.61 Å². The molecule has 0 radical (unpaired) electrons. The van der Waals surface area contributed by atoms with Gasteiger partial charge >= 0.3 is 0 Å². The molecule has 2 rings (SSSR count). The van der Waals surface area contributed by atoms with Crippen molar-refractivity contribution in [3.63, 3.8) is 0 Å². The van der Waals surface area contributed by atoms with Crippen molar-refractivity contribution in [2.45, 2.75) is 39.5 Å². The highest BCUT2D eigenvalue weighted by atomic mass is 35.5. The highest BCUT2D eigenvalue weighted by Gasteiger charge is 2.21. The zero-order valence-corrected chi connectivity index (χ0v) is 16.2. The van der Waals surface area contributed by atoms with Gasteiger partial charge in [-0.25, -0.2) is 0 Å². The van der Waals surface area contributed by atoms with E-state index in [9.17, 15) is 4.79 Å². The summed E-state index contributed by atoms with van der Waals surface area (Å²) in [5, 5.41) is 11.4. The highest BCUT2D eigenvalue weighted by Crippen LogP contribution is 2.25. The minimum atomic E-state index is -0.421. The molecule has 0 atom stereocenters. The van der Waals surface area contributed by atoms with Gasteiger partial charge in [0.2, 0.25) is 4.77 Å². The van der Waals surface area contributed by atoms with Crippen molar-refractivity contribution in [3.8, 4) is 5.75 Å². The molecule has 0 fully saturated rings. The lowest BCUT2D eigenvalue weighted by Crippen LogP contribution is -2.32. The molecule has 2 aromatic rings. The summed E-state index contributed by atoms with van der Waals surface area (Å²) >= 11 is 11.3. The molecule has 6 nitrogen and oxygen atoms in total. The molecule has 1 aromatic heterocycles. The van der Waals surface area contributed by atoms with Gasteiger partial charge in [-0.2, -0.15) is 14.9 Å². The fourth-order valence-electron chi connectivity index (χ4n) is 2.04. The molecule has 0 aliphatic heterocycles. The molecule has 0 spiro atoms. The van der Waals surface area contributed by atoms with E-state index in [1.807, 2.05) is 33.8 Å². The molecule has 134 valence electrons. The van der Waals surface area contributed by atoms with Gasteiger partial charge in [-0.1, -0.05) is 39.3 Å². The summed E-state index contributed by atoms with van der Waals surface area (Å²) in [6.45, 7) is 8.32. The van der Waals surface area contributed by atoms with E-state index in [2.05, 4.69) is 15.3 Å². The molecule has 1 heterocycles. The first-order valence-corrected chi connectivity index (χ1v) is 8.71. The molecule has 0 aliphatic rings. The number of aromatic nitrogens is 3. The number of H-pyrrole nitrogens is 1. The van der Waals surface area contributed by atoms with E-state index in [4.69, 9.17) is 28.6 Å². The van der Waals surface area contributed by atoms with Gasteiger partial charge in [0, 0.05) is 5.41 Å². The Morgan fingerprint density at radius 1 is 1.44 bits per heavy atom. The van der Waals surface area contributed by atoms with Crippen LogP contribution in [-0.2, 0) is 5.41 Å². The van der Waals surface area contributed by atoms with Crippen LogP contribution in [0.15, 0.2) is 28.1 Å². The number of aromatic amines is 1. The standard InChI is InChI=1S/C17H21ClN4O2S/c1-5-8-24-13-7-6-11(9-12(13)18)10-19-22-15(23)14(17(2,3)4)20-21-16(22)25/h6-7,9-10H,5,8H2,1-4H3,(H,21,25)/b19-10-. The monoisotopic (exact) mass is 380 g/mol. The Balaban J connectivity index is 2.35. The number of rotatable bonds is 5. The van der Waals surface area contributed by atoms with E-state index in [0.29, 0.717) is 23.1 Å². The highest BCUT2D eigenvalue weighted by molar-refractivity contribution is 7.71. The van der Waals surface area contributed by atoms with E-state index in [1.54, 1.807) is 12.1 Å². The van der Waals surface area contributed by atoms with Gasteiger partial charge in [-0.15, -0.1) is 0 Å². The van der Waals surface area contributed by atoms with Crippen LogP contribution in [0.4, 0.5) is 0 Å². The number of ether oxygens (including phenoxy) is 1. The van der Waals surface area contributed by atoms with E-state index in [-0.39, 0.29) is 10.3 Å². The minimum Gasteiger partial charge on any atom is -0.492 e. The van der Waals surface area contributed by atoms with Gasteiger partial charge in [-0.05, 0) is 42.4 Å². The van der Waals surface area contributed by atoms with Gasteiger partial charge in [0.1, 0.15) is 11.4 Å². The largest absolute Gasteiger partial charge is 0.492 e. The van der Waals surface area contributed by atoms with Gasteiger partial charge in [-0.3, -0.25) is 9.89 Å². The number of hydrogen-bond acceptors (Lipinski definition) is 5. The van der Waals surface area contributed by atoms with Crippen molar-refractivity contribution >= 4 is 30.0 Å². The summed E-state index contributed by atoms with van der Waals surface area (Å²) in [6.07, 6.45) is 2.42. The first-order chi connectivity index (χ1) is 11.7. The first-order valence-electron chi connectivity index (χ1n) is 7.93. The lowest BCUT2D eigenvalue weighted by atomic mass is 9.93. The third-order valence-electron chi connectivity index (χ3n) is 3.30. The number of halogens is 1. The molecule has 25 heavy (non-hydrogen) atoms. The van der Waals surface area contributed by atoms with E-state index < -0.39 is 5.41 Å². The third-order valence-corrected chi connectivity index (χ3v) is 3.86. The lowest BCUT2D eigenvalue weighted by Gasteiger charge is -2.16. The molecule has 1 aromatic carbocycles. The topological polar surface area (TPSA) is 72.3 Å². The fourth-order valence-corrected chi connectivity index (χ4v) is 2.45. The molecule has 8 heteroatoms. The molecular weight excluding hydrogens is 360 g/mol. The van der Waals surface area contributed by atoms with Crippen molar-refractivity contribution < 1.29 is 4.74 Å². The molecule has 0 unspecified atom stereocenters. The summed E-state index contributed by atoms with van der Waals surface area (Å²) in [5.41, 5.74) is 0.320. The van der Waals surface area contributed by atoms with Gasteiger partial charge in [0.05, 0.1) is 17.8 Å². The normalized spacial score (nSPS) is 11.9. The third kappa shape index (κ3) is 4.76. The van der Waals surface area contributed by atoms with Crippen molar-refractivity contribution in [2.24, 2.45) is 5.10 Å². The van der Waals surface area contributed by atoms with E-state index in [0.717, 1.165) is 16.7 Å². The molecular formula is C17H21ClN4O2S. The zero-order chi connectivity index (χ0) is 18.6. The lowest BCUT2D eigenvalue weighted by molar-refractivity contribution is 0.317. The average molecular weight is 381 g/mol. The Kier molecular flexibility index (Phi) is 6.13. The number of hydrogen-bond donors (Lipinski definition) is 1. The number of benzene rings is 1. The quantitative estimate of drug-likeness (QED) is 0.630.